The molecular formula is C14H20O. The number of aryl methyl sites for hydroxylation is 1. The van der Waals surface area contributed by atoms with Crippen molar-refractivity contribution in [1.82, 2.24) is 0 Å². The highest BCUT2D eigenvalue weighted by atomic mass is 16.1. The zero-order valence-electron chi connectivity index (χ0n) is 9.92. The van der Waals surface area contributed by atoms with E-state index in [1.807, 2.05) is 13.0 Å². The van der Waals surface area contributed by atoms with E-state index in [9.17, 15) is 4.79 Å². The minimum Gasteiger partial charge on any atom is -0.299 e. The molecule has 1 rings (SSSR count). The summed E-state index contributed by atoms with van der Waals surface area (Å²) in [4.78, 5) is 11.8. The van der Waals surface area contributed by atoms with Gasteiger partial charge in [0.2, 0.25) is 0 Å². The number of Topliss-reactive ketones (excluding diaryl/α,β-unsaturated/α-hetero) is 1. The number of ketones is 1. The van der Waals surface area contributed by atoms with Crippen LogP contribution >= 0.6 is 0 Å². The fourth-order valence-corrected chi connectivity index (χ4v) is 1.94. The zero-order valence-corrected chi connectivity index (χ0v) is 9.92. The maximum absolute atomic E-state index is 11.8. The van der Waals surface area contributed by atoms with Crippen LogP contribution in [0.4, 0.5) is 0 Å². The van der Waals surface area contributed by atoms with E-state index in [0.717, 1.165) is 12.8 Å². The van der Waals surface area contributed by atoms with Crippen molar-refractivity contribution in [3.05, 3.63) is 35.4 Å². The normalized spacial score (nSPS) is 12.5. The van der Waals surface area contributed by atoms with E-state index in [4.69, 9.17) is 0 Å². The van der Waals surface area contributed by atoms with Gasteiger partial charge in [0.15, 0.2) is 0 Å². The van der Waals surface area contributed by atoms with Gasteiger partial charge in [-0.1, -0.05) is 50.1 Å². The topological polar surface area (TPSA) is 17.1 Å². The largest absolute Gasteiger partial charge is 0.299 e. The molecule has 0 aliphatic rings. The van der Waals surface area contributed by atoms with Gasteiger partial charge < -0.3 is 0 Å². The molecule has 1 aromatic rings. The molecule has 0 aliphatic heterocycles. The van der Waals surface area contributed by atoms with Crippen LogP contribution in [0, 0.1) is 6.92 Å². The summed E-state index contributed by atoms with van der Waals surface area (Å²) in [5.74, 6) is 0.474. The Labute approximate surface area is 92.5 Å². The fourth-order valence-electron chi connectivity index (χ4n) is 1.94. The molecule has 82 valence electrons. The van der Waals surface area contributed by atoms with E-state index < -0.39 is 0 Å². The summed E-state index contributed by atoms with van der Waals surface area (Å²) < 4.78 is 0. The summed E-state index contributed by atoms with van der Waals surface area (Å²) in [7, 11) is 0. The van der Waals surface area contributed by atoms with Gasteiger partial charge in [0.1, 0.15) is 5.78 Å². The molecule has 0 aliphatic carbocycles. The number of carbonyl (C=O) groups excluding carboxylic acids is 1. The molecule has 15 heavy (non-hydrogen) atoms. The predicted molar refractivity (Wildman–Crippen MR) is 64.1 cm³/mol. The van der Waals surface area contributed by atoms with Crippen molar-refractivity contribution >= 4 is 5.78 Å². The molecule has 0 fully saturated rings. The average Bonchev–Trinajstić information content (AvgIpc) is 2.25. The molecule has 0 bridgehead atoms. The van der Waals surface area contributed by atoms with Gasteiger partial charge in [0.05, 0.1) is 0 Å². The second kappa shape index (κ2) is 5.69. The van der Waals surface area contributed by atoms with E-state index in [-0.39, 0.29) is 5.92 Å². The number of benzene rings is 1. The highest BCUT2D eigenvalue weighted by molar-refractivity contribution is 5.85. The quantitative estimate of drug-likeness (QED) is 0.711. The SMILES string of the molecule is CCC[C@H](C(=O)CC)c1cccc(C)c1. The Bertz CT molecular complexity index is 328. The minimum absolute atomic E-state index is 0.111. The average molecular weight is 204 g/mol. The van der Waals surface area contributed by atoms with Gasteiger partial charge in [-0.3, -0.25) is 4.79 Å². The van der Waals surface area contributed by atoms with Crippen LogP contribution in [-0.4, -0.2) is 5.78 Å². The van der Waals surface area contributed by atoms with Gasteiger partial charge in [0, 0.05) is 12.3 Å². The molecule has 0 heterocycles. The third-order valence-corrected chi connectivity index (χ3v) is 2.76. The van der Waals surface area contributed by atoms with Crippen molar-refractivity contribution < 1.29 is 4.79 Å². The first-order valence-corrected chi connectivity index (χ1v) is 5.78. The van der Waals surface area contributed by atoms with Gasteiger partial charge in [-0.15, -0.1) is 0 Å². The lowest BCUT2D eigenvalue weighted by Crippen LogP contribution is -2.11. The molecule has 0 saturated heterocycles. The molecule has 1 atom stereocenters. The molecule has 0 amide bonds. The molecular weight excluding hydrogens is 184 g/mol. The highest BCUT2D eigenvalue weighted by Gasteiger charge is 2.17. The van der Waals surface area contributed by atoms with Crippen molar-refractivity contribution in [1.29, 1.82) is 0 Å². The van der Waals surface area contributed by atoms with Gasteiger partial charge in [0.25, 0.3) is 0 Å². The van der Waals surface area contributed by atoms with Crippen LogP contribution in [0.1, 0.15) is 50.2 Å². The molecule has 0 N–H and O–H groups in total. The Kier molecular flexibility index (Phi) is 4.54. The van der Waals surface area contributed by atoms with Crippen LogP contribution < -0.4 is 0 Å². The van der Waals surface area contributed by atoms with Crippen LogP contribution in [0.5, 0.6) is 0 Å². The molecule has 0 aromatic heterocycles. The first-order valence-electron chi connectivity index (χ1n) is 5.78. The van der Waals surface area contributed by atoms with Crippen LogP contribution in [0.2, 0.25) is 0 Å². The standard InChI is InChI=1S/C14H20O/c1-4-7-13(14(15)5-2)12-9-6-8-11(3)10-12/h6,8-10,13H,4-5,7H2,1-3H3/t13-/m0/s1. The second-order valence-corrected chi connectivity index (χ2v) is 4.08. The molecule has 0 unspecified atom stereocenters. The van der Waals surface area contributed by atoms with E-state index in [2.05, 4.69) is 32.0 Å². The molecule has 1 nitrogen and oxygen atoms in total. The van der Waals surface area contributed by atoms with Crippen LogP contribution in [0.15, 0.2) is 24.3 Å². The summed E-state index contributed by atoms with van der Waals surface area (Å²) in [6.07, 6.45) is 2.67. The molecule has 1 heteroatoms. The van der Waals surface area contributed by atoms with E-state index in [1.54, 1.807) is 0 Å². The van der Waals surface area contributed by atoms with Gasteiger partial charge in [-0.25, -0.2) is 0 Å². The maximum Gasteiger partial charge on any atom is 0.140 e. The Hall–Kier alpha value is -1.11. The van der Waals surface area contributed by atoms with Gasteiger partial charge in [-0.05, 0) is 18.9 Å². The summed E-state index contributed by atoms with van der Waals surface area (Å²) in [6.45, 7) is 6.15. The monoisotopic (exact) mass is 204 g/mol. The Morgan fingerprint density at radius 1 is 1.33 bits per heavy atom. The lowest BCUT2D eigenvalue weighted by molar-refractivity contribution is -0.120. The lowest BCUT2D eigenvalue weighted by Gasteiger charge is -2.15. The second-order valence-electron chi connectivity index (χ2n) is 4.08. The van der Waals surface area contributed by atoms with Crippen molar-refractivity contribution in [3.8, 4) is 0 Å². The highest BCUT2D eigenvalue weighted by Crippen LogP contribution is 2.24. The maximum atomic E-state index is 11.8. The Morgan fingerprint density at radius 3 is 2.60 bits per heavy atom. The molecule has 0 saturated carbocycles. The van der Waals surface area contributed by atoms with Crippen molar-refractivity contribution in [2.45, 2.75) is 46.0 Å². The molecule has 0 spiro atoms. The summed E-state index contributed by atoms with van der Waals surface area (Å²) >= 11 is 0. The molecule has 1 aromatic carbocycles. The zero-order chi connectivity index (χ0) is 11.3. The summed E-state index contributed by atoms with van der Waals surface area (Å²) in [6, 6.07) is 8.31. The number of carbonyl (C=O) groups is 1. The van der Waals surface area contributed by atoms with Crippen LogP contribution in [0.3, 0.4) is 0 Å². The third-order valence-electron chi connectivity index (χ3n) is 2.76. The fraction of sp³-hybridized carbons (Fsp3) is 0.500. The minimum atomic E-state index is 0.111. The van der Waals surface area contributed by atoms with E-state index >= 15 is 0 Å². The van der Waals surface area contributed by atoms with Crippen molar-refractivity contribution in [3.63, 3.8) is 0 Å². The van der Waals surface area contributed by atoms with E-state index in [0.29, 0.717) is 12.2 Å². The van der Waals surface area contributed by atoms with Crippen molar-refractivity contribution in [2.75, 3.05) is 0 Å². The van der Waals surface area contributed by atoms with Crippen LogP contribution in [-0.2, 0) is 4.79 Å². The summed E-state index contributed by atoms with van der Waals surface area (Å²) in [5, 5.41) is 0. The lowest BCUT2D eigenvalue weighted by atomic mass is 9.89. The number of rotatable bonds is 5. The first-order chi connectivity index (χ1) is 7.19. The predicted octanol–water partition coefficient (Wildman–Crippen LogP) is 3.86. The smallest absolute Gasteiger partial charge is 0.140 e. The van der Waals surface area contributed by atoms with Gasteiger partial charge in [-0.2, -0.15) is 0 Å². The summed E-state index contributed by atoms with van der Waals surface area (Å²) in [5.41, 5.74) is 2.42. The molecule has 0 radical (unpaired) electrons. The Balaban J connectivity index is 2.93. The van der Waals surface area contributed by atoms with Gasteiger partial charge >= 0.3 is 0 Å². The van der Waals surface area contributed by atoms with Crippen molar-refractivity contribution in [2.24, 2.45) is 0 Å². The Morgan fingerprint density at radius 2 is 2.07 bits per heavy atom. The number of hydrogen-bond donors (Lipinski definition) is 0. The third kappa shape index (κ3) is 3.19. The first kappa shape index (κ1) is 12.0. The van der Waals surface area contributed by atoms with Crippen LogP contribution in [0.25, 0.3) is 0 Å². The number of hydrogen-bond acceptors (Lipinski definition) is 1. The van der Waals surface area contributed by atoms with E-state index in [1.165, 1.54) is 11.1 Å².